The van der Waals surface area contributed by atoms with Gasteiger partial charge in [0.15, 0.2) is 0 Å². The molecule has 2 rings (SSSR count). The third-order valence-corrected chi connectivity index (χ3v) is 5.30. The average Bonchev–Trinajstić information content (AvgIpc) is 2.51. The Bertz CT molecular complexity index is 856. The van der Waals surface area contributed by atoms with Crippen LogP contribution < -0.4 is 4.31 Å². The first-order valence-corrected chi connectivity index (χ1v) is 10.3. The molecule has 0 bridgehead atoms. The van der Waals surface area contributed by atoms with Crippen LogP contribution in [-0.2, 0) is 15.4 Å². The Labute approximate surface area is 150 Å². The molecular weight excluding hydrogens is 397 g/mol. The Balaban J connectivity index is 2.78. The van der Waals surface area contributed by atoms with Gasteiger partial charge in [-0.15, -0.1) is 0 Å². The van der Waals surface area contributed by atoms with E-state index in [1.807, 2.05) is 13.8 Å². The van der Waals surface area contributed by atoms with E-state index in [0.29, 0.717) is 16.6 Å². The van der Waals surface area contributed by atoms with Gasteiger partial charge in [0.1, 0.15) is 5.82 Å². The van der Waals surface area contributed by atoms with Crippen molar-refractivity contribution in [3.8, 4) is 11.3 Å². The molecular formula is C16H19BrFN3O2S. The number of halogens is 2. The quantitative estimate of drug-likeness (QED) is 0.698. The Kier molecular flexibility index (Phi) is 5.59. The summed E-state index contributed by atoms with van der Waals surface area (Å²) in [5.41, 5.74) is 2.65. The van der Waals surface area contributed by atoms with Gasteiger partial charge in [-0.25, -0.2) is 27.1 Å². The molecule has 0 unspecified atom stereocenters. The molecule has 2 aromatic rings. The molecule has 0 spiro atoms. The highest BCUT2D eigenvalue weighted by Crippen LogP contribution is 2.31. The van der Waals surface area contributed by atoms with Crippen molar-refractivity contribution in [2.45, 2.75) is 25.1 Å². The van der Waals surface area contributed by atoms with Crippen molar-refractivity contribution in [3.63, 3.8) is 0 Å². The van der Waals surface area contributed by atoms with Crippen LogP contribution in [0.3, 0.4) is 0 Å². The van der Waals surface area contributed by atoms with Gasteiger partial charge in [0.05, 0.1) is 17.6 Å². The maximum absolute atomic E-state index is 13.6. The van der Waals surface area contributed by atoms with Crippen molar-refractivity contribution in [1.82, 2.24) is 9.97 Å². The Morgan fingerprint density at radius 1 is 1.29 bits per heavy atom. The fourth-order valence-corrected chi connectivity index (χ4v) is 3.19. The summed E-state index contributed by atoms with van der Waals surface area (Å²) in [7, 11) is -2.10. The van der Waals surface area contributed by atoms with Crippen LogP contribution in [0.15, 0.2) is 24.3 Å². The lowest BCUT2D eigenvalue weighted by Gasteiger charge is -2.20. The minimum atomic E-state index is -3.50. The van der Waals surface area contributed by atoms with Gasteiger partial charge in [-0.05, 0) is 18.1 Å². The predicted molar refractivity (Wildman–Crippen MR) is 97.4 cm³/mol. The predicted octanol–water partition coefficient (Wildman–Crippen LogP) is 3.70. The monoisotopic (exact) mass is 415 g/mol. The van der Waals surface area contributed by atoms with Crippen molar-refractivity contribution in [2.24, 2.45) is 0 Å². The molecule has 8 heteroatoms. The zero-order chi connectivity index (χ0) is 18.1. The molecule has 130 valence electrons. The summed E-state index contributed by atoms with van der Waals surface area (Å²) in [4.78, 5) is 8.83. The van der Waals surface area contributed by atoms with Gasteiger partial charge < -0.3 is 0 Å². The maximum Gasteiger partial charge on any atom is 0.239 e. The molecule has 0 aliphatic heterocycles. The van der Waals surface area contributed by atoms with Crippen molar-refractivity contribution >= 4 is 31.9 Å². The first kappa shape index (κ1) is 18.8. The Morgan fingerprint density at radius 2 is 1.96 bits per heavy atom. The maximum atomic E-state index is 13.6. The molecule has 5 nitrogen and oxygen atoms in total. The molecule has 1 heterocycles. The number of hydrogen-bond donors (Lipinski definition) is 0. The summed E-state index contributed by atoms with van der Waals surface area (Å²) in [5, 5.41) is 0.481. The van der Waals surface area contributed by atoms with E-state index in [1.54, 1.807) is 12.1 Å². The summed E-state index contributed by atoms with van der Waals surface area (Å²) in [6, 6.07) is 6.07. The first-order valence-electron chi connectivity index (χ1n) is 7.31. The summed E-state index contributed by atoms with van der Waals surface area (Å²) in [6.45, 7) is 3.93. The van der Waals surface area contributed by atoms with Crippen LogP contribution in [0, 0.1) is 5.82 Å². The molecule has 1 aromatic carbocycles. The second kappa shape index (κ2) is 7.14. The van der Waals surface area contributed by atoms with Crippen molar-refractivity contribution in [1.29, 1.82) is 0 Å². The summed E-state index contributed by atoms with van der Waals surface area (Å²) in [5.74, 6) is -0.250. The normalized spacial score (nSPS) is 11.8. The summed E-state index contributed by atoms with van der Waals surface area (Å²) >= 11 is 3.44. The van der Waals surface area contributed by atoms with Crippen LogP contribution in [0.5, 0.6) is 0 Å². The van der Waals surface area contributed by atoms with Gasteiger partial charge in [-0.3, -0.25) is 0 Å². The van der Waals surface area contributed by atoms with E-state index in [0.717, 1.165) is 21.8 Å². The van der Waals surface area contributed by atoms with Crippen LogP contribution in [-0.4, -0.2) is 31.7 Å². The zero-order valence-electron chi connectivity index (χ0n) is 13.9. The van der Waals surface area contributed by atoms with Gasteiger partial charge in [0.2, 0.25) is 16.0 Å². The van der Waals surface area contributed by atoms with Crippen LogP contribution in [0.25, 0.3) is 11.3 Å². The van der Waals surface area contributed by atoms with E-state index in [1.165, 1.54) is 19.2 Å². The standard InChI is InChI=1S/C16H19BrFN3O2S/c1-10(2)14-13(9-17)15(11-6-5-7-12(18)8-11)20-16(19-14)21(3)24(4,22)23/h5-8,10H,9H2,1-4H3. The summed E-state index contributed by atoms with van der Waals surface area (Å²) < 4.78 is 38.4. The van der Waals surface area contributed by atoms with Crippen LogP contribution in [0.2, 0.25) is 0 Å². The number of nitrogens with zero attached hydrogens (tertiary/aromatic N) is 3. The van der Waals surface area contributed by atoms with Crippen molar-refractivity contribution < 1.29 is 12.8 Å². The van der Waals surface area contributed by atoms with Gasteiger partial charge in [-0.2, -0.15) is 0 Å². The Hall–Kier alpha value is -1.54. The molecule has 0 amide bonds. The lowest BCUT2D eigenvalue weighted by molar-refractivity contribution is 0.599. The number of anilines is 1. The smallest absolute Gasteiger partial charge is 0.239 e. The largest absolute Gasteiger partial charge is 0.241 e. The van der Waals surface area contributed by atoms with Gasteiger partial charge in [0, 0.05) is 23.5 Å². The third kappa shape index (κ3) is 3.92. The third-order valence-electron chi connectivity index (χ3n) is 3.58. The molecule has 0 aliphatic rings. The molecule has 0 atom stereocenters. The highest BCUT2D eigenvalue weighted by molar-refractivity contribution is 9.08. The molecule has 1 aromatic heterocycles. The topological polar surface area (TPSA) is 63.2 Å². The lowest BCUT2D eigenvalue weighted by atomic mass is 10.00. The van der Waals surface area contributed by atoms with Crippen LogP contribution >= 0.6 is 15.9 Å². The second-order valence-corrected chi connectivity index (χ2v) is 8.34. The van der Waals surface area contributed by atoms with Gasteiger partial charge >= 0.3 is 0 Å². The SMILES string of the molecule is CC(C)c1nc(N(C)S(C)(=O)=O)nc(-c2cccc(F)c2)c1CBr. The average molecular weight is 416 g/mol. The van der Waals surface area contributed by atoms with Crippen molar-refractivity contribution in [3.05, 3.63) is 41.3 Å². The minimum absolute atomic E-state index is 0.0552. The fraction of sp³-hybridized carbons (Fsp3) is 0.375. The van der Waals surface area contributed by atoms with E-state index in [2.05, 4.69) is 25.9 Å². The highest BCUT2D eigenvalue weighted by atomic mass is 79.9. The van der Waals surface area contributed by atoms with E-state index in [4.69, 9.17) is 0 Å². The number of sulfonamides is 1. The van der Waals surface area contributed by atoms with Crippen LogP contribution in [0.1, 0.15) is 31.0 Å². The molecule has 0 radical (unpaired) electrons. The Morgan fingerprint density at radius 3 is 2.46 bits per heavy atom. The van der Waals surface area contributed by atoms with Gasteiger partial charge in [-0.1, -0.05) is 41.9 Å². The lowest BCUT2D eigenvalue weighted by Crippen LogP contribution is -2.27. The number of hydrogen-bond acceptors (Lipinski definition) is 4. The molecule has 0 saturated heterocycles. The second-order valence-electron chi connectivity index (χ2n) is 5.77. The number of benzene rings is 1. The van der Waals surface area contributed by atoms with Crippen molar-refractivity contribution in [2.75, 3.05) is 17.6 Å². The molecule has 0 aliphatic carbocycles. The number of rotatable bonds is 5. The zero-order valence-corrected chi connectivity index (χ0v) is 16.3. The highest BCUT2D eigenvalue weighted by Gasteiger charge is 2.22. The minimum Gasteiger partial charge on any atom is -0.241 e. The molecule has 0 fully saturated rings. The van der Waals surface area contributed by atoms with E-state index in [-0.39, 0.29) is 17.7 Å². The van der Waals surface area contributed by atoms with E-state index in [9.17, 15) is 12.8 Å². The first-order chi connectivity index (χ1) is 11.1. The number of alkyl halides is 1. The van der Waals surface area contributed by atoms with Gasteiger partial charge in [0.25, 0.3) is 0 Å². The molecule has 0 saturated carbocycles. The fourth-order valence-electron chi connectivity index (χ4n) is 2.26. The van der Waals surface area contributed by atoms with Crippen LogP contribution in [0.4, 0.5) is 10.3 Å². The number of aromatic nitrogens is 2. The molecule has 24 heavy (non-hydrogen) atoms. The molecule has 0 N–H and O–H groups in total. The summed E-state index contributed by atoms with van der Waals surface area (Å²) in [6.07, 6.45) is 1.09. The van der Waals surface area contributed by atoms with E-state index >= 15 is 0 Å². The van der Waals surface area contributed by atoms with E-state index < -0.39 is 10.0 Å².